The molecule has 1 aromatic rings. The maximum absolute atomic E-state index is 12.4. The van der Waals surface area contributed by atoms with Crippen molar-refractivity contribution < 1.29 is 8.42 Å². The fourth-order valence-corrected chi connectivity index (χ4v) is 3.96. The van der Waals surface area contributed by atoms with Crippen molar-refractivity contribution >= 4 is 10.2 Å². The molecular weight excluding hydrogens is 302 g/mol. The maximum atomic E-state index is 12.4. The van der Waals surface area contributed by atoms with Crippen LogP contribution in [0.15, 0.2) is 12.3 Å². The Balaban J connectivity index is 2.16. The lowest BCUT2D eigenvalue weighted by atomic mass is 10.1. The summed E-state index contributed by atoms with van der Waals surface area (Å²) in [5.74, 6) is 0. The Morgan fingerprint density at radius 1 is 1.32 bits per heavy atom. The van der Waals surface area contributed by atoms with Crippen LogP contribution in [-0.2, 0) is 16.8 Å². The van der Waals surface area contributed by atoms with Gasteiger partial charge in [0.2, 0.25) is 0 Å². The van der Waals surface area contributed by atoms with Crippen LogP contribution in [0.3, 0.4) is 0 Å². The van der Waals surface area contributed by atoms with Crippen LogP contribution in [-0.4, -0.2) is 72.0 Å². The molecule has 0 saturated heterocycles. The highest BCUT2D eigenvalue weighted by atomic mass is 32.2. The van der Waals surface area contributed by atoms with Crippen molar-refractivity contribution in [2.75, 3.05) is 40.3 Å². The van der Waals surface area contributed by atoms with Crippen molar-refractivity contribution in [1.82, 2.24) is 23.3 Å². The topological polar surface area (TPSA) is 61.7 Å². The van der Waals surface area contributed by atoms with E-state index in [1.54, 1.807) is 24.6 Å². The summed E-state index contributed by atoms with van der Waals surface area (Å²) in [6.45, 7) is 8.13. The molecule has 8 heteroatoms. The minimum Gasteiger partial charge on any atom is -0.304 e. The molecule has 0 spiro atoms. The molecule has 0 aromatic carbocycles. The van der Waals surface area contributed by atoms with E-state index in [1.807, 2.05) is 10.7 Å². The molecule has 0 fully saturated rings. The van der Waals surface area contributed by atoms with Crippen molar-refractivity contribution in [1.29, 1.82) is 0 Å². The van der Waals surface area contributed by atoms with E-state index in [0.29, 0.717) is 13.1 Å². The summed E-state index contributed by atoms with van der Waals surface area (Å²) in [6.07, 6.45) is 2.65. The number of hydrogen-bond donors (Lipinski definition) is 0. The third kappa shape index (κ3) is 3.51. The Hall–Kier alpha value is -0.960. The molecule has 0 radical (unpaired) electrons. The summed E-state index contributed by atoms with van der Waals surface area (Å²) in [4.78, 5) is 2.35. The number of nitrogens with zero attached hydrogens (tertiary/aromatic N) is 5. The fraction of sp³-hybridized carbons (Fsp3) is 0.786. The van der Waals surface area contributed by atoms with E-state index in [-0.39, 0.29) is 6.04 Å². The van der Waals surface area contributed by atoms with E-state index in [0.717, 1.165) is 31.7 Å². The van der Waals surface area contributed by atoms with E-state index in [2.05, 4.69) is 23.8 Å². The Morgan fingerprint density at radius 3 is 2.59 bits per heavy atom. The molecule has 0 aliphatic carbocycles. The van der Waals surface area contributed by atoms with Crippen molar-refractivity contribution in [2.24, 2.45) is 0 Å². The average Bonchev–Trinajstić information content (AvgIpc) is 2.96. The number of hydrogen-bond acceptors (Lipinski definition) is 4. The second-order valence-electron chi connectivity index (χ2n) is 5.82. The number of aromatic nitrogens is 2. The molecule has 1 aliphatic rings. The predicted molar refractivity (Wildman–Crippen MR) is 86.7 cm³/mol. The van der Waals surface area contributed by atoms with Gasteiger partial charge in [0.05, 0.1) is 18.3 Å². The Morgan fingerprint density at radius 2 is 2.00 bits per heavy atom. The quantitative estimate of drug-likeness (QED) is 0.742. The molecule has 0 N–H and O–H groups in total. The highest BCUT2D eigenvalue weighted by Gasteiger charge is 2.33. The second-order valence-corrected chi connectivity index (χ2v) is 7.96. The van der Waals surface area contributed by atoms with Crippen molar-refractivity contribution in [3.63, 3.8) is 0 Å². The van der Waals surface area contributed by atoms with Crippen molar-refractivity contribution in [3.05, 3.63) is 18.0 Å². The van der Waals surface area contributed by atoms with E-state index in [4.69, 9.17) is 0 Å². The highest BCUT2D eigenvalue weighted by molar-refractivity contribution is 7.86. The summed E-state index contributed by atoms with van der Waals surface area (Å²) in [7, 11) is -0.240. The van der Waals surface area contributed by atoms with Gasteiger partial charge < -0.3 is 4.90 Å². The van der Waals surface area contributed by atoms with Crippen LogP contribution in [0.4, 0.5) is 0 Å². The fourth-order valence-electron chi connectivity index (χ4n) is 2.85. The van der Waals surface area contributed by atoms with E-state index in [9.17, 15) is 8.42 Å². The van der Waals surface area contributed by atoms with E-state index in [1.165, 1.54) is 4.31 Å². The van der Waals surface area contributed by atoms with Gasteiger partial charge in [0, 0.05) is 33.4 Å². The van der Waals surface area contributed by atoms with Gasteiger partial charge in [0.15, 0.2) is 0 Å². The third-order valence-electron chi connectivity index (χ3n) is 4.31. The third-order valence-corrected chi connectivity index (χ3v) is 6.17. The molecule has 0 amide bonds. The first-order valence-corrected chi connectivity index (χ1v) is 9.22. The van der Waals surface area contributed by atoms with Crippen molar-refractivity contribution in [2.45, 2.75) is 32.9 Å². The molecule has 1 unspecified atom stereocenters. The second kappa shape index (κ2) is 7.08. The van der Waals surface area contributed by atoms with Crippen LogP contribution in [0.25, 0.3) is 0 Å². The largest absolute Gasteiger partial charge is 0.304 e. The SMILES string of the molecule is CCN(CC)CCC1CN(S(=O)(=O)N(C)C)Cc2ccnn21. The van der Waals surface area contributed by atoms with Crippen LogP contribution in [0, 0.1) is 0 Å². The average molecular weight is 329 g/mol. The van der Waals surface area contributed by atoms with Gasteiger partial charge in [-0.15, -0.1) is 0 Å². The minimum absolute atomic E-state index is 0.0917. The van der Waals surface area contributed by atoms with Crippen LogP contribution in [0.1, 0.15) is 32.0 Å². The smallest absolute Gasteiger partial charge is 0.281 e. The molecule has 126 valence electrons. The summed E-state index contributed by atoms with van der Waals surface area (Å²) in [5, 5.41) is 4.39. The predicted octanol–water partition coefficient (Wildman–Crippen LogP) is 0.778. The lowest BCUT2D eigenvalue weighted by Gasteiger charge is -2.35. The zero-order valence-corrected chi connectivity index (χ0v) is 14.8. The van der Waals surface area contributed by atoms with Crippen molar-refractivity contribution in [3.8, 4) is 0 Å². The molecule has 2 rings (SSSR count). The van der Waals surface area contributed by atoms with Gasteiger partial charge >= 0.3 is 0 Å². The number of fused-ring (bicyclic) bond motifs is 1. The zero-order valence-electron chi connectivity index (χ0n) is 13.9. The first kappa shape index (κ1) is 17.4. The van der Waals surface area contributed by atoms with E-state index >= 15 is 0 Å². The summed E-state index contributed by atoms with van der Waals surface area (Å²) in [6, 6.07) is 2.00. The molecule has 7 nitrogen and oxygen atoms in total. The standard InChI is InChI=1S/C14H27N5O2S/c1-5-17(6-2)10-8-14-12-18(22(20,21)16(3)4)11-13-7-9-15-19(13)14/h7,9,14H,5-6,8,10-12H2,1-4H3. The Labute approximate surface area is 133 Å². The molecule has 2 heterocycles. The lowest BCUT2D eigenvalue weighted by molar-refractivity contribution is 0.213. The van der Waals surface area contributed by atoms with Crippen LogP contribution in [0.2, 0.25) is 0 Å². The first-order chi connectivity index (χ1) is 10.4. The molecule has 1 atom stereocenters. The molecule has 1 aromatic heterocycles. The first-order valence-electron chi connectivity index (χ1n) is 7.82. The zero-order chi connectivity index (χ0) is 16.3. The lowest BCUT2D eigenvalue weighted by Crippen LogP contribution is -2.46. The Kier molecular flexibility index (Phi) is 5.60. The molecule has 0 saturated carbocycles. The van der Waals surface area contributed by atoms with Gasteiger partial charge in [0.1, 0.15) is 0 Å². The van der Waals surface area contributed by atoms with Gasteiger partial charge in [-0.05, 0) is 25.6 Å². The van der Waals surface area contributed by atoms with Gasteiger partial charge in [-0.3, -0.25) is 4.68 Å². The summed E-state index contributed by atoms with van der Waals surface area (Å²) in [5.41, 5.74) is 0.959. The number of rotatable bonds is 7. The van der Waals surface area contributed by atoms with Gasteiger partial charge in [-0.25, -0.2) is 0 Å². The highest BCUT2D eigenvalue weighted by Crippen LogP contribution is 2.25. The van der Waals surface area contributed by atoms with Crippen LogP contribution >= 0.6 is 0 Å². The monoisotopic (exact) mass is 329 g/mol. The molecule has 1 aliphatic heterocycles. The van der Waals surface area contributed by atoms with Gasteiger partial charge in [-0.2, -0.15) is 22.1 Å². The van der Waals surface area contributed by atoms with E-state index < -0.39 is 10.2 Å². The summed E-state index contributed by atoms with van der Waals surface area (Å²) >= 11 is 0. The molecular formula is C14H27N5O2S. The van der Waals surface area contributed by atoms with Gasteiger partial charge in [0.25, 0.3) is 10.2 Å². The maximum Gasteiger partial charge on any atom is 0.281 e. The van der Waals surface area contributed by atoms with Gasteiger partial charge in [-0.1, -0.05) is 13.8 Å². The Bertz CT molecular complexity index is 580. The summed E-state index contributed by atoms with van der Waals surface area (Å²) < 4.78 is 29.7. The van der Waals surface area contributed by atoms with Crippen LogP contribution < -0.4 is 0 Å². The normalized spacial score (nSPS) is 19.8. The minimum atomic E-state index is -3.39. The molecule has 22 heavy (non-hydrogen) atoms. The molecule has 0 bridgehead atoms. The van der Waals surface area contributed by atoms with Crippen LogP contribution in [0.5, 0.6) is 0 Å².